The van der Waals surface area contributed by atoms with Gasteiger partial charge in [0.25, 0.3) is 5.91 Å². The standard InChI is InChI=1S/C16H20N4O/c1-2-10-19(13-7-8-13)16(21)15-9-11-20(18-15)14-5-3-12(17)4-6-14/h3-6,9,11,13H,2,7-8,10,17H2,1H3. The molecule has 1 aromatic carbocycles. The van der Waals surface area contributed by atoms with E-state index >= 15 is 0 Å². The molecule has 2 aromatic rings. The highest BCUT2D eigenvalue weighted by molar-refractivity contribution is 5.92. The number of carbonyl (C=O) groups is 1. The van der Waals surface area contributed by atoms with Gasteiger partial charge >= 0.3 is 0 Å². The highest BCUT2D eigenvalue weighted by Gasteiger charge is 2.33. The maximum absolute atomic E-state index is 12.5. The summed E-state index contributed by atoms with van der Waals surface area (Å²) in [6, 6.07) is 9.63. The van der Waals surface area contributed by atoms with E-state index in [0.29, 0.717) is 17.4 Å². The Morgan fingerprint density at radius 3 is 2.67 bits per heavy atom. The number of carbonyl (C=O) groups excluding carboxylic acids is 1. The van der Waals surface area contributed by atoms with E-state index in [2.05, 4.69) is 12.0 Å². The summed E-state index contributed by atoms with van der Waals surface area (Å²) in [7, 11) is 0. The Morgan fingerprint density at radius 2 is 2.05 bits per heavy atom. The van der Waals surface area contributed by atoms with Crippen LogP contribution < -0.4 is 5.73 Å². The number of hydrogen-bond acceptors (Lipinski definition) is 3. The van der Waals surface area contributed by atoms with Gasteiger partial charge in [-0.1, -0.05) is 6.92 Å². The van der Waals surface area contributed by atoms with Crippen LogP contribution >= 0.6 is 0 Å². The largest absolute Gasteiger partial charge is 0.399 e. The van der Waals surface area contributed by atoms with Gasteiger partial charge in [0.2, 0.25) is 0 Å². The van der Waals surface area contributed by atoms with Gasteiger partial charge in [0.1, 0.15) is 0 Å². The van der Waals surface area contributed by atoms with Gasteiger partial charge in [-0.2, -0.15) is 5.10 Å². The first-order valence-electron chi connectivity index (χ1n) is 7.41. The molecule has 0 unspecified atom stereocenters. The lowest BCUT2D eigenvalue weighted by Gasteiger charge is -2.20. The molecule has 3 rings (SSSR count). The molecule has 21 heavy (non-hydrogen) atoms. The molecular weight excluding hydrogens is 264 g/mol. The van der Waals surface area contributed by atoms with E-state index in [4.69, 9.17) is 5.73 Å². The number of nitrogens with two attached hydrogens (primary N) is 1. The monoisotopic (exact) mass is 284 g/mol. The molecular formula is C16H20N4O. The van der Waals surface area contributed by atoms with Crippen LogP contribution in [0.3, 0.4) is 0 Å². The molecule has 1 heterocycles. The Labute approximate surface area is 124 Å². The van der Waals surface area contributed by atoms with Crippen molar-refractivity contribution >= 4 is 11.6 Å². The zero-order valence-corrected chi connectivity index (χ0v) is 12.2. The lowest BCUT2D eigenvalue weighted by molar-refractivity contribution is 0.0736. The van der Waals surface area contributed by atoms with Gasteiger partial charge in [0.05, 0.1) is 5.69 Å². The van der Waals surface area contributed by atoms with Crippen LogP contribution in [0.5, 0.6) is 0 Å². The molecule has 110 valence electrons. The first-order valence-corrected chi connectivity index (χ1v) is 7.41. The SMILES string of the molecule is CCCN(C(=O)c1ccn(-c2ccc(N)cc2)n1)C1CC1. The van der Waals surface area contributed by atoms with Gasteiger partial charge in [-0.15, -0.1) is 0 Å². The van der Waals surface area contributed by atoms with Crippen LogP contribution in [0.4, 0.5) is 5.69 Å². The summed E-state index contributed by atoms with van der Waals surface area (Å²) in [5.74, 6) is 0.0357. The van der Waals surface area contributed by atoms with Crippen molar-refractivity contribution in [3.05, 3.63) is 42.2 Å². The number of hydrogen-bond donors (Lipinski definition) is 1. The first kappa shape index (κ1) is 13.7. The summed E-state index contributed by atoms with van der Waals surface area (Å²) in [6.07, 6.45) is 5.02. The van der Waals surface area contributed by atoms with E-state index in [1.807, 2.05) is 35.4 Å². The molecule has 0 aliphatic heterocycles. The highest BCUT2D eigenvalue weighted by Crippen LogP contribution is 2.28. The third-order valence-electron chi connectivity index (χ3n) is 3.68. The smallest absolute Gasteiger partial charge is 0.274 e. The van der Waals surface area contributed by atoms with Gasteiger partial charge in [-0.05, 0) is 49.6 Å². The molecule has 1 fully saturated rings. The van der Waals surface area contributed by atoms with Crippen LogP contribution in [0.25, 0.3) is 5.69 Å². The molecule has 0 atom stereocenters. The van der Waals surface area contributed by atoms with Crippen molar-refractivity contribution in [3.63, 3.8) is 0 Å². The molecule has 2 N–H and O–H groups in total. The fourth-order valence-corrected chi connectivity index (χ4v) is 2.43. The van der Waals surface area contributed by atoms with Crippen LogP contribution in [-0.2, 0) is 0 Å². The minimum atomic E-state index is 0.0357. The Hall–Kier alpha value is -2.30. The number of nitrogens with zero attached hydrogens (tertiary/aromatic N) is 3. The molecule has 0 bridgehead atoms. The third-order valence-corrected chi connectivity index (χ3v) is 3.68. The first-order chi connectivity index (χ1) is 10.2. The second-order valence-electron chi connectivity index (χ2n) is 5.47. The van der Waals surface area contributed by atoms with Crippen LogP contribution in [0.2, 0.25) is 0 Å². The predicted octanol–water partition coefficient (Wildman–Crippen LogP) is 2.47. The van der Waals surface area contributed by atoms with Crippen molar-refractivity contribution < 1.29 is 4.79 Å². The molecule has 1 aliphatic rings. The summed E-state index contributed by atoms with van der Waals surface area (Å²) in [4.78, 5) is 14.5. The van der Waals surface area contributed by atoms with Gasteiger partial charge in [-0.25, -0.2) is 4.68 Å². The number of amides is 1. The molecule has 5 heteroatoms. The van der Waals surface area contributed by atoms with Crippen LogP contribution in [0.1, 0.15) is 36.7 Å². The number of aromatic nitrogens is 2. The van der Waals surface area contributed by atoms with Gasteiger partial charge in [0.15, 0.2) is 5.69 Å². The van der Waals surface area contributed by atoms with Crippen molar-refractivity contribution in [2.75, 3.05) is 12.3 Å². The van der Waals surface area contributed by atoms with E-state index in [-0.39, 0.29) is 5.91 Å². The zero-order valence-electron chi connectivity index (χ0n) is 12.2. The summed E-state index contributed by atoms with van der Waals surface area (Å²) in [5.41, 5.74) is 7.80. The lowest BCUT2D eigenvalue weighted by Crippen LogP contribution is -2.34. The predicted molar refractivity (Wildman–Crippen MR) is 82.3 cm³/mol. The molecule has 5 nitrogen and oxygen atoms in total. The molecule has 1 aliphatic carbocycles. The number of anilines is 1. The average molecular weight is 284 g/mol. The lowest BCUT2D eigenvalue weighted by atomic mass is 10.3. The summed E-state index contributed by atoms with van der Waals surface area (Å²) in [5, 5.41) is 4.41. The maximum Gasteiger partial charge on any atom is 0.274 e. The van der Waals surface area contributed by atoms with E-state index in [1.165, 1.54) is 0 Å². The third kappa shape index (κ3) is 2.91. The Kier molecular flexibility index (Phi) is 3.64. The zero-order chi connectivity index (χ0) is 14.8. The number of benzene rings is 1. The average Bonchev–Trinajstić information content (AvgIpc) is 3.21. The van der Waals surface area contributed by atoms with E-state index in [0.717, 1.165) is 31.5 Å². The minimum Gasteiger partial charge on any atom is -0.399 e. The highest BCUT2D eigenvalue weighted by atomic mass is 16.2. The summed E-state index contributed by atoms with van der Waals surface area (Å²) in [6.45, 7) is 2.90. The fraction of sp³-hybridized carbons (Fsp3) is 0.375. The molecule has 0 saturated heterocycles. The Balaban J connectivity index is 1.80. The van der Waals surface area contributed by atoms with Crippen LogP contribution in [0, 0.1) is 0 Å². The summed E-state index contributed by atoms with van der Waals surface area (Å²) < 4.78 is 1.71. The normalized spacial score (nSPS) is 14.1. The number of nitrogen functional groups attached to an aromatic ring is 1. The van der Waals surface area contributed by atoms with Crippen molar-refractivity contribution in [2.45, 2.75) is 32.2 Å². The summed E-state index contributed by atoms with van der Waals surface area (Å²) >= 11 is 0. The Bertz CT molecular complexity index is 628. The molecule has 1 saturated carbocycles. The molecule has 0 radical (unpaired) electrons. The minimum absolute atomic E-state index is 0.0357. The fourth-order valence-electron chi connectivity index (χ4n) is 2.43. The topological polar surface area (TPSA) is 64.2 Å². The maximum atomic E-state index is 12.5. The quantitative estimate of drug-likeness (QED) is 0.858. The van der Waals surface area contributed by atoms with Gasteiger partial charge in [-0.3, -0.25) is 4.79 Å². The van der Waals surface area contributed by atoms with E-state index in [9.17, 15) is 4.79 Å². The van der Waals surface area contributed by atoms with Crippen LogP contribution in [0.15, 0.2) is 36.5 Å². The second-order valence-corrected chi connectivity index (χ2v) is 5.47. The number of rotatable bonds is 5. The van der Waals surface area contributed by atoms with Crippen molar-refractivity contribution in [2.24, 2.45) is 0 Å². The second kappa shape index (κ2) is 5.60. The Morgan fingerprint density at radius 1 is 1.33 bits per heavy atom. The van der Waals surface area contributed by atoms with Crippen LogP contribution in [-0.4, -0.2) is 33.2 Å². The van der Waals surface area contributed by atoms with Gasteiger partial charge in [0, 0.05) is 24.5 Å². The van der Waals surface area contributed by atoms with Crippen molar-refractivity contribution in [1.29, 1.82) is 0 Å². The van der Waals surface area contributed by atoms with E-state index in [1.54, 1.807) is 10.7 Å². The van der Waals surface area contributed by atoms with Gasteiger partial charge < -0.3 is 10.6 Å². The molecule has 1 aromatic heterocycles. The molecule has 1 amide bonds. The van der Waals surface area contributed by atoms with E-state index < -0.39 is 0 Å². The van der Waals surface area contributed by atoms with Crippen molar-refractivity contribution in [1.82, 2.24) is 14.7 Å². The van der Waals surface area contributed by atoms with Crippen molar-refractivity contribution in [3.8, 4) is 5.69 Å². The molecule has 0 spiro atoms.